The second-order valence-corrected chi connectivity index (χ2v) is 4.84. The number of rotatable bonds is 2. The lowest BCUT2D eigenvalue weighted by Crippen LogP contribution is -2.11. The quantitative estimate of drug-likeness (QED) is 0.525. The summed E-state index contributed by atoms with van der Waals surface area (Å²) in [7, 11) is 0. The summed E-state index contributed by atoms with van der Waals surface area (Å²) in [4.78, 5) is 22.8. The molecule has 0 aliphatic rings. The van der Waals surface area contributed by atoms with Crippen molar-refractivity contribution in [2.45, 2.75) is 0 Å². The average Bonchev–Trinajstić information content (AvgIpc) is 3.13. The topological polar surface area (TPSA) is 73.6 Å². The van der Waals surface area contributed by atoms with Crippen molar-refractivity contribution in [2.75, 3.05) is 5.32 Å². The van der Waals surface area contributed by atoms with Gasteiger partial charge in [-0.1, -0.05) is 0 Å². The summed E-state index contributed by atoms with van der Waals surface area (Å²) in [5, 5.41) is 3.97. The fraction of sp³-hybridized carbons (Fsp3) is 0. The molecular formula is C16H12N4O. The molecule has 0 saturated carbocycles. The first-order valence-electron chi connectivity index (χ1n) is 6.62. The van der Waals surface area contributed by atoms with E-state index in [0.29, 0.717) is 11.1 Å². The number of carbonyl (C=O) groups excluding carboxylic acids is 1. The molecule has 3 heterocycles. The van der Waals surface area contributed by atoms with Crippen LogP contribution in [0.2, 0.25) is 0 Å². The predicted molar refractivity (Wildman–Crippen MR) is 82.3 cm³/mol. The van der Waals surface area contributed by atoms with E-state index in [4.69, 9.17) is 0 Å². The number of aromatic nitrogens is 3. The van der Waals surface area contributed by atoms with Gasteiger partial charge in [-0.15, -0.1) is 0 Å². The standard InChI is InChI=1S/C16H12N4O/c21-16(12-9-19-14-2-1-6-18-15(12)14)20-11-3-4-13-10(8-11)5-7-17-13/h1-9,17,19H,(H,20,21). The summed E-state index contributed by atoms with van der Waals surface area (Å²) in [6.45, 7) is 0. The van der Waals surface area contributed by atoms with Gasteiger partial charge in [-0.3, -0.25) is 9.78 Å². The number of hydrogen-bond donors (Lipinski definition) is 3. The molecule has 102 valence electrons. The molecule has 4 rings (SSSR count). The molecule has 21 heavy (non-hydrogen) atoms. The first-order valence-corrected chi connectivity index (χ1v) is 6.62. The Morgan fingerprint density at radius 3 is 3.00 bits per heavy atom. The van der Waals surface area contributed by atoms with E-state index in [1.807, 2.05) is 42.6 Å². The zero-order chi connectivity index (χ0) is 14.2. The third-order valence-corrected chi connectivity index (χ3v) is 3.49. The summed E-state index contributed by atoms with van der Waals surface area (Å²) in [6, 6.07) is 11.5. The molecule has 3 aromatic heterocycles. The second-order valence-electron chi connectivity index (χ2n) is 4.84. The van der Waals surface area contributed by atoms with E-state index >= 15 is 0 Å². The zero-order valence-corrected chi connectivity index (χ0v) is 11.1. The molecule has 0 aliphatic carbocycles. The highest BCUT2D eigenvalue weighted by molar-refractivity contribution is 6.12. The number of nitrogens with one attached hydrogen (secondary N) is 3. The Bertz CT molecular complexity index is 951. The van der Waals surface area contributed by atoms with Crippen molar-refractivity contribution in [2.24, 2.45) is 0 Å². The number of benzene rings is 1. The molecule has 1 aromatic carbocycles. The van der Waals surface area contributed by atoms with Gasteiger partial charge >= 0.3 is 0 Å². The lowest BCUT2D eigenvalue weighted by Gasteiger charge is -2.04. The van der Waals surface area contributed by atoms with Crippen molar-refractivity contribution in [1.82, 2.24) is 15.0 Å². The van der Waals surface area contributed by atoms with Gasteiger partial charge in [-0.2, -0.15) is 0 Å². The van der Waals surface area contributed by atoms with Gasteiger partial charge in [0.15, 0.2) is 0 Å². The van der Waals surface area contributed by atoms with Crippen LogP contribution in [0.3, 0.4) is 0 Å². The Morgan fingerprint density at radius 1 is 1.10 bits per heavy atom. The minimum absolute atomic E-state index is 0.171. The maximum absolute atomic E-state index is 12.4. The van der Waals surface area contributed by atoms with Gasteiger partial charge in [0.1, 0.15) is 5.52 Å². The first kappa shape index (κ1) is 11.7. The van der Waals surface area contributed by atoms with Crippen LogP contribution in [0.15, 0.2) is 55.0 Å². The monoisotopic (exact) mass is 276 g/mol. The van der Waals surface area contributed by atoms with Crippen LogP contribution in [0.5, 0.6) is 0 Å². The molecule has 5 nitrogen and oxygen atoms in total. The van der Waals surface area contributed by atoms with E-state index in [9.17, 15) is 4.79 Å². The lowest BCUT2D eigenvalue weighted by atomic mass is 10.2. The Hall–Kier alpha value is -3.08. The number of nitrogens with zero attached hydrogens (tertiary/aromatic N) is 1. The van der Waals surface area contributed by atoms with E-state index < -0.39 is 0 Å². The molecule has 4 aromatic rings. The Morgan fingerprint density at radius 2 is 2.05 bits per heavy atom. The fourth-order valence-electron chi connectivity index (χ4n) is 2.46. The van der Waals surface area contributed by atoms with Gasteiger partial charge in [0.2, 0.25) is 0 Å². The van der Waals surface area contributed by atoms with Crippen LogP contribution in [0, 0.1) is 0 Å². The van der Waals surface area contributed by atoms with Crippen molar-refractivity contribution in [1.29, 1.82) is 0 Å². The van der Waals surface area contributed by atoms with Crippen molar-refractivity contribution >= 4 is 33.5 Å². The molecule has 0 spiro atoms. The van der Waals surface area contributed by atoms with E-state index in [0.717, 1.165) is 22.1 Å². The smallest absolute Gasteiger partial charge is 0.259 e. The van der Waals surface area contributed by atoms with E-state index in [1.54, 1.807) is 12.4 Å². The zero-order valence-electron chi connectivity index (χ0n) is 11.1. The summed E-state index contributed by atoms with van der Waals surface area (Å²) < 4.78 is 0. The Kier molecular flexibility index (Phi) is 2.50. The van der Waals surface area contributed by atoms with E-state index in [-0.39, 0.29) is 5.91 Å². The lowest BCUT2D eigenvalue weighted by molar-refractivity contribution is 0.102. The highest BCUT2D eigenvalue weighted by atomic mass is 16.1. The third-order valence-electron chi connectivity index (χ3n) is 3.49. The molecule has 5 heteroatoms. The van der Waals surface area contributed by atoms with Gasteiger partial charge in [-0.05, 0) is 36.4 Å². The maximum atomic E-state index is 12.4. The van der Waals surface area contributed by atoms with Crippen LogP contribution in [0.4, 0.5) is 5.69 Å². The minimum atomic E-state index is -0.171. The highest BCUT2D eigenvalue weighted by Crippen LogP contribution is 2.20. The number of amides is 1. The van der Waals surface area contributed by atoms with Crippen LogP contribution >= 0.6 is 0 Å². The van der Waals surface area contributed by atoms with Crippen LogP contribution in [0.25, 0.3) is 21.9 Å². The molecule has 0 unspecified atom stereocenters. The molecule has 0 saturated heterocycles. The fourth-order valence-corrected chi connectivity index (χ4v) is 2.46. The van der Waals surface area contributed by atoms with Crippen molar-refractivity contribution < 1.29 is 4.79 Å². The molecule has 3 N–H and O–H groups in total. The normalized spacial score (nSPS) is 11.0. The van der Waals surface area contributed by atoms with Crippen LogP contribution in [-0.4, -0.2) is 20.9 Å². The van der Waals surface area contributed by atoms with Crippen molar-refractivity contribution in [3.63, 3.8) is 0 Å². The molecule has 0 atom stereocenters. The largest absolute Gasteiger partial charge is 0.361 e. The van der Waals surface area contributed by atoms with E-state index in [2.05, 4.69) is 20.3 Å². The number of carbonyl (C=O) groups is 1. The highest BCUT2D eigenvalue weighted by Gasteiger charge is 2.13. The molecule has 0 fully saturated rings. The first-order chi connectivity index (χ1) is 10.3. The van der Waals surface area contributed by atoms with Crippen molar-refractivity contribution in [3.05, 3.63) is 60.6 Å². The number of anilines is 1. The average molecular weight is 276 g/mol. The van der Waals surface area contributed by atoms with Crippen molar-refractivity contribution in [3.8, 4) is 0 Å². The maximum Gasteiger partial charge on any atom is 0.259 e. The Labute approximate surface area is 120 Å². The SMILES string of the molecule is O=C(Nc1ccc2[nH]ccc2c1)c1c[nH]c2cccnc12. The third kappa shape index (κ3) is 1.95. The number of hydrogen-bond acceptors (Lipinski definition) is 2. The minimum Gasteiger partial charge on any atom is -0.361 e. The number of fused-ring (bicyclic) bond motifs is 2. The molecular weight excluding hydrogens is 264 g/mol. The summed E-state index contributed by atoms with van der Waals surface area (Å²) in [5.74, 6) is -0.171. The van der Waals surface area contributed by atoms with Crippen LogP contribution in [0.1, 0.15) is 10.4 Å². The summed E-state index contributed by atoms with van der Waals surface area (Å²) >= 11 is 0. The van der Waals surface area contributed by atoms with Gasteiger partial charge in [-0.25, -0.2) is 0 Å². The van der Waals surface area contributed by atoms with E-state index in [1.165, 1.54) is 0 Å². The molecule has 1 amide bonds. The van der Waals surface area contributed by atoms with Gasteiger partial charge in [0, 0.05) is 35.2 Å². The number of H-pyrrole nitrogens is 2. The Balaban J connectivity index is 1.68. The number of aromatic amines is 2. The predicted octanol–water partition coefficient (Wildman–Crippen LogP) is 3.30. The van der Waals surface area contributed by atoms with Gasteiger partial charge in [0.25, 0.3) is 5.91 Å². The van der Waals surface area contributed by atoms with Crippen LogP contribution < -0.4 is 5.32 Å². The van der Waals surface area contributed by atoms with Crippen LogP contribution in [-0.2, 0) is 0 Å². The summed E-state index contributed by atoms with van der Waals surface area (Å²) in [5.41, 5.74) is 3.88. The molecule has 0 bridgehead atoms. The summed E-state index contributed by atoms with van der Waals surface area (Å²) in [6.07, 6.45) is 5.24. The molecule has 0 aliphatic heterocycles. The van der Waals surface area contributed by atoms with Gasteiger partial charge < -0.3 is 15.3 Å². The molecule has 0 radical (unpaired) electrons. The van der Waals surface area contributed by atoms with Gasteiger partial charge in [0.05, 0.1) is 11.1 Å². The number of pyridine rings is 1. The second kappa shape index (κ2) is 4.49.